The van der Waals surface area contributed by atoms with Gasteiger partial charge < -0.3 is 18.7 Å². The molecule has 22 heavy (non-hydrogen) atoms. The van der Waals surface area contributed by atoms with Crippen LogP contribution in [-0.4, -0.2) is 24.8 Å². The number of carbonyl (C=O) groups is 1. The summed E-state index contributed by atoms with van der Waals surface area (Å²) < 4.78 is 21.5. The van der Waals surface area contributed by atoms with Crippen molar-refractivity contribution in [1.82, 2.24) is 5.16 Å². The minimum absolute atomic E-state index is 0.0450. The first kappa shape index (κ1) is 16.4. The first-order chi connectivity index (χ1) is 10.5. The summed E-state index contributed by atoms with van der Waals surface area (Å²) in [5, 5.41) is 3.76. The number of carbonyl (C=O) groups excluding carboxylic acids is 1. The van der Waals surface area contributed by atoms with Gasteiger partial charge in [0.1, 0.15) is 18.1 Å². The highest BCUT2D eigenvalue weighted by atomic mass is 79.9. The van der Waals surface area contributed by atoms with Crippen LogP contribution in [0.25, 0.3) is 0 Å². The highest BCUT2D eigenvalue weighted by molar-refractivity contribution is 9.10. The van der Waals surface area contributed by atoms with Crippen molar-refractivity contribution in [1.29, 1.82) is 0 Å². The lowest BCUT2D eigenvalue weighted by Gasteiger charge is -2.12. The van der Waals surface area contributed by atoms with Gasteiger partial charge in [0.2, 0.25) is 0 Å². The molecule has 1 aromatic carbocycles. The van der Waals surface area contributed by atoms with E-state index in [1.165, 1.54) is 7.11 Å². The van der Waals surface area contributed by atoms with Gasteiger partial charge in [-0.25, -0.2) is 4.79 Å². The minimum atomic E-state index is -0.484. The van der Waals surface area contributed by atoms with Gasteiger partial charge in [-0.15, -0.1) is 0 Å². The molecule has 0 bridgehead atoms. The molecule has 2 rings (SSSR count). The van der Waals surface area contributed by atoms with Crippen LogP contribution in [0.2, 0.25) is 0 Å². The SMILES string of the molecule is CCOc1c(Br)cc(C(=O)OCc2cc(C)on2)cc1OC. The van der Waals surface area contributed by atoms with E-state index in [2.05, 4.69) is 21.1 Å². The Morgan fingerprint density at radius 3 is 2.73 bits per heavy atom. The molecule has 7 heteroatoms. The zero-order chi connectivity index (χ0) is 16.1. The van der Waals surface area contributed by atoms with Crippen molar-refractivity contribution in [3.05, 3.63) is 39.7 Å². The first-order valence-electron chi connectivity index (χ1n) is 6.64. The highest BCUT2D eigenvalue weighted by Gasteiger charge is 2.17. The van der Waals surface area contributed by atoms with Gasteiger partial charge in [-0.2, -0.15) is 0 Å². The summed E-state index contributed by atoms with van der Waals surface area (Å²) in [4.78, 5) is 12.1. The number of hydrogen-bond acceptors (Lipinski definition) is 6. The Kier molecular flexibility index (Phi) is 5.43. The van der Waals surface area contributed by atoms with Crippen LogP contribution in [0.1, 0.15) is 28.7 Å². The number of aromatic nitrogens is 1. The lowest BCUT2D eigenvalue weighted by Crippen LogP contribution is -2.07. The third kappa shape index (κ3) is 3.79. The van der Waals surface area contributed by atoms with Gasteiger partial charge in [0.05, 0.1) is 23.8 Å². The van der Waals surface area contributed by atoms with Crippen LogP contribution in [0.5, 0.6) is 11.5 Å². The van der Waals surface area contributed by atoms with Gasteiger partial charge in [0, 0.05) is 6.07 Å². The normalized spacial score (nSPS) is 10.4. The van der Waals surface area contributed by atoms with Gasteiger partial charge in [-0.05, 0) is 41.9 Å². The van der Waals surface area contributed by atoms with Crippen molar-refractivity contribution < 1.29 is 23.5 Å². The Morgan fingerprint density at radius 2 is 2.14 bits per heavy atom. The number of rotatable bonds is 6. The molecule has 0 spiro atoms. The largest absolute Gasteiger partial charge is 0.493 e. The Balaban J connectivity index is 2.13. The lowest BCUT2D eigenvalue weighted by atomic mass is 10.2. The van der Waals surface area contributed by atoms with Crippen LogP contribution in [0, 0.1) is 6.92 Å². The van der Waals surface area contributed by atoms with E-state index in [1.54, 1.807) is 25.1 Å². The van der Waals surface area contributed by atoms with Gasteiger partial charge in [0.25, 0.3) is 0 Å². The molecule has 0 aliphatic heterocycles. The Bertz CT molecular complexity index is 668. The molecule has 0 aliphatic rings. The fourth-order valence-electron chi connectivity index (χ4n) is 1.83. The molecule has 0 saturated carbocycles. The summed E-state index contributed by atoms with van der Waals surface area (Å²) in [6.45, 7) is 4.17. The highest BCUT2D eigenvalue weighted by Crippen LogP contribution is 2.36. The second-order valence-electron chi connectivity index (χ2n) is 4.43. The summed E-state index contributed by atoms with van der Waals surface area (Å²) in [6.07, 6.45) is 0. The van der Waals surface area contributed by atoms with E-state index in [1.807, 2.05) is 6.92 Å². The van der Waals surface area contributed by atoms with Crippen molar-refractivity contribution in [3.63, 3.8) is 0 Å². The maximum absolute atomic E-state index is 12.1. The second kappa shape index (κ2) is 7.31. The molecule has 0 aliphatic carbocycles. The number of ether oxygens (including phenoxy) is 3. The molecular weight excluding hydrogens is 354 g/mol. The second-order valence-corrected chi connectivity index (χ2v) is 5.28. The number of benzene rings is 1. The standard InChI is InChI=1S/C15H16BrNO5/c1-4-20-14-12(16)6-10(7-13(14)19-3)15(18)21-8-11-5-9(2)22-17-11/h5-7H,4,8H2,1-3H3. The van der Waals surface area contributed by atoms with Crippen LogP contribution in [0.4, 0.5) is 0 Å². The van der Waals surface area contributed by atoms with E-state index in [9.17, 15) is 4.79 Å². The molecule has 0 N–H and O–H groups in total. The van der Waals surface area contributed by atoms with Gasteiger partial charge in [-0.3, -0.25) is 0 Å². The molecule has 0 atom stereocenters. The molecule has 0 unspecified atom stereocenters. The minimum Gasteiger partial charge on any atom is -0.493 e. The predicted molar refractivity (Wildman–Crippen MR) is 82.2 cm³/mol. The molecule has 0 fully saturated rings. The fraction of sp³-hybridized carbons (Fsp3) is 0.333. The van der Waals surface area contributed by atoms with Crippen molar-refractivity contribution in [2.75, 3.05) is 13.7 Å². The Hall–Kier alpha value is -2.02. The zero-order valence-electron chi connectivity index (χ0n) is 12.5. The summed E-state index contributed by atoms with van der Waals surface area (Å²) in [6, 6.07) is 4.91. The Labute approximate surface area is 136 Å². The molecule has 6 nitrogen and oxygen atoms in total. The smallest absolute Gasteiger partial charge is 0.338 e. The summed E-state index contributed by atoms with van der Waals surface area (Å²) in [7, 11) is 1.51. The van der Waals surface area contributed by atoms with Crippen LogP contribution in [0.3, 0.4) is 0 Å². The summed E-state index contributed by atoms with van der Waals surface area (Å²) >= 11 is 3.37. The number of aryl methyl sites for hydroxylation is 1. The quantitative estimate of drug-likeness (QED) is 0.725. The average Bonchev–Trinajstić information content (AvgIpc) is 2.92. The first-order valence-corrected chi connectivity index (χ1v) is 7.44. The van der Waals surface area contributed by atoms with Crippen LogP contribution < -0.4 is 9.47 Å². The molecule has 0 saturated heterocycles. The molecule has 0 radical (unpaired) electrons. The van der Waals surface area contributed by atoms with Crippen molar-refractivity contribution in [2.45, 2.75) is 20.5 Å². The number of esters is 1. The van der Waals surface area contributed by atoms with E-state index in [4.69, 9.17) is 18.7 Å². The third-order valence-electron chi connectivity index (χ3n) is 2.78. The van der Waals surface area contributed by atoms with Crippen molar-refractivity contribution >= 4 is 21.9 Å². The van der Waals surface area contributed by atoms with Gasteiger partial charge >= 0.3 is 5.97 Å². The number of methoxy groups -OCH3 is 1. The maximum Gasteiger partial charge on any atom is 0.338 e. The predicted octanol–water partition coefficient (Wildman–Crippen LogP) is 3.51. The maximum atomic E-state index is 12.1. The molecule has 1 aromatic heterocycles. The molecule has 2 aromatic rings. The Morgan fingerprint density at radius 1 is 1.36 bits per heavy atom. The topological polar surface area (TPSA) is 70.8 Å². The molecule has 0 amide bonds. The monoisotopic (exact) mass is 369 g/mol. The third-order valence-corrected chi connectivity index (χ3v) is 3.37. The summed E-state index contributed by atoms with van der Waals surface area (Å²) in [5.74, 6) is 1.19. The number of nitrogens with zero attached hydrogens (tertiary/aromatic N) is 1. The lowest BCUT2D eigenvalue weighted by molar-refractivity contribution is 0.0463. The van der Waals surface area contributed by atoms with Gasteiger partial charge in [0.15, 0.2) is 11.5 Å². The van der Waals surface area contributed by atoms with Crippen LogP contribution in [-0.2, 0) is 11.3 Å². The van der Waals surface area contributed by atoms with Crippen molar-refractivity contribution in [3.8, 4) is 11.5 Å². The number of halogens is 1. The molecule has 118 valence electrons. The van der Waals surface area contributed by atoms with E-state index in [0.29, 0.717) is 39.6 Å². The fourth-order valence-corrected chi connectivity index (χ4v) is 2.39. The number of hydrogen-bond donors (Lipinski definition) is 0. The molecular formula is C15H16BrNO5. The van der Waals surface area contributed by atoms with Crippen LogP contribution in [0.15, 0.2) is 27.2 Å². The molecule has 1 heterocycles. The van der Waals surface area contributed by atoms with Crippen molar-refractivity contribution in [2.24, 2.45) is 0 Å². The van der Waals surface area contributed by atoms with Gasteiger partial charge in [-0.1, -0.05) is 5.16 Å². The van der Waals surface area contributed by atoms with E-state index in [0.717, 1.165) is 0 Å². The van der Waals surface area contributed by atoms with E-state index in [-0.39, 0.29) is 6.61 Å². The average molecular weight is 370 g/mol. The van der Waals surface area contributed by atoms with E-state index < -0.39 is 5.97 Å². The summed E-state index contributed by atoms with van der Waals surface area (Å²) in [5.41, 5.74) is 0.912. The van der Waals surface area contributed by atoms with Crippen LogP contribution >= 0.6 is 15.9 Å². The van der Waals surface area contributed by atoms with E-state index >= 15 is 0 Å². The zero-order valence-corrected chi connectivity index (χ0v) is 14.1.